The Balaban J connectivity index is 2.33. The molecule has 1 atom stereocenters. The lowest BCUT2D eigenvalue weighted by Crippen LogP contribution is -2.08. The number of hydrogen-bond donors (Lipinski definition) is 1. The predicted octanol–water partition coefficient (Wildman–Crippen LogP) is 4.04. The van der Waals surface area contributed by atoms with E-state index in [1.54, 1.807) is 0 Å². The van der Waals surface area contributed by atoms with Crippen molar-refractivity contribution in [2.24, 2.45) is 5.92 Å². The molecule has 0 saturated heterocycles. The highest BCUT2D eigenvalue weighted by Crippen LogP contribution is 2.17. The van der Waals surface area contributed by atoms with E-state index in [0.717, 1.165) is 24.7 Å². The van der Waals surface area contributed by atoms with Crippen molar-refractivity contribution in [2.75, 3.05) is 13.7 Å². The van der Waals surface area contributed by atoms with E-state index in [-0.39, 0.29) is 0 Å². The maximum absolute atomic E-state index is 5.80. The number of rotatable bonds is 10. The Morgan fingerprint density at radius 3 is 2.79 bits per heavy atom. The summed E-state index contributed by atoms with van der Waals surface area (Å²) in [5.74, 6) is 2.64. The number of ether oxygens (including phenoxy) is 1. The van der Waals surface area contributed by atoms with Gasteiger partial charge in [0.1, 0.15) is 18.1 Å². The van der Waals surface area contributed by atoms with Crippen molar-refractivity contribution in [1.82, 2.24) is 5.32 Å². The maximum atomic E-state index is 5.80. The molecule has 110 valence electrons. The number of unbranched alkanes of at least 4 members (excludes halogenated alkanes) is 1. The third kappa shape index (κ3) is 5.79. The number of furan rings is 1. The molecule has 1 aromatic rings. The number of aryl methyl sites for hydroxylation is 1. The van der Waals surface area contributed by atoms with Gasteiger partial charge in [0.25, 0.3) is 0 Å². The molecule has 1 aromatic heterocycles. The SMILES string of the molecule is CCCCC(CC)COCc1cc(C)c(CNC)o1. The number of nitrogens with one attached hydrogen (secondary N) is 1. The molecule has 0 fully saturated rings. The Morgan fingerprint density at radius 2 is 2.16 bits per heavy atom. The average molecular weight is 267 g/mol. The minimum Gasteiger partial charge on any atom is -0.462 e. The van der Waals surface area contributed by atoms with E-state index in [1.807, 2.05) is 7.05 Å². The Kier molecular flexibility index (Phi) is 7.84. The molecule has 0 aromatic carbocycles. The monoisotopic (exact) mass is 267 g/mol. The predicted molar refractivity (Wildman–Crippen MR) is 79.2 cm³/mol. The van der Waals surface area contributed by atoms with Gasteiger partial charge < -0.3 is 14.5 Å². The van der Waals surface area contributed by atoms with Gasteiger partial charge in [-0.25, -0.2) is 0 Å². The lowest BCUT2D eigenvalue weighted by Gasteiger charge is -2.13. The summed E-state index contributed by atoms with van der Waals surface area (Å²) in [5, 5.41) is 3.11. The first-order valence-corrected chi connectivity index (χ1v) is 7.51. The second-order valence-corrected chi connectivity index (χ2v) is 5.28. The minimum absolute atomic E-state index is 0.590. The highest BCUT2D eigenvalue weighted by atomic mass is 16.5. The maximum Gasteiger partial charge on any atom is 0.130 e. The van der Waals surface area contributed by atoms with Crippen LogP contribution in [0.3, 0.4) is 0 Å². The molecule has 1 heterocycles. The van der Waals surface area contributed by atoms with Crippen molar-refractivity contribution < 1.29 is 9.15 Å². The molecule has 0 aliphatic heterocycles. The highest BCUT2D eigenvalue weighted by Gasteiger charge is 2.09. The van der Waals surface area contributed by atoms with Gasteiger partial charge in [-0.15, -0.1) is 0 Å². The van der Waals surface area contributed by atoms with Crippen molar-refractivity contribution in [3.8, 4) is 0 Å². The van der Waals surface area contributed by atoms with Crippen LogP contribution in [0.1, 0.15) is 56.6 Å². The third-order valence-corrected chi connectivity index (χ3v) is 3.55. The van der Waals surface area contributed by atoms with Gasteiger partial charge in [-0.1, -0.05) is 33.1 Å². The van der Waals surface area contributed by atoms with Crippen LogP contribution < -0.4 is 5.32 Å². The molecule has 0 amide bonds. The Hall–Kier alpha value is -0.800. The summed E-state index contributed by atoms with van der Waals surface area (Å²) < 4.78 is 11.6. The lowest BCUT2D eigenvalue weighted by molar-refractivity contribution is 0.0702. The van der Waals surface area contributed by atoms with Crippen molar-refractivity contribution in [3.05, 3.63) is 23.2 Å². The second-order valence-electron chi connectivity index (χ2n) is 5.28. The van der Waals surface area contributed by atoms with Crippen molar-refractivity contribution in [1.29, 1.82) is 0 Å². The topological polar surface area (TPSA) is 34.4 Å². The van der Waals surface area contributed by atoms with Gasteiger partial charge in [0, 0.05) is 6.61 Å². The van der Waals surface area contributed by atoms with Gasteiger partial charge in [-0.2, -0.15) is 0 Å². The van der Waals surface area contributed by atoms with Crippen LogP contribution in [0, 0.1) is 12.8 Å². The normalized spacial score (nSPS) is 12.8. The highest BCUT2D eigenvalue weighted by molar-refractivity contribution is 5.19. The zero-order valence-electron chi connectivity index (χ0n) is 12.9. The molecule has 19 heavy (non-hydrogen) atoms. The number of hydrogen-bond acceptors (Lipinski definition) is 3. The standard InChI is InChI=1S/C16H29NO2/c1-5-7-8-14(6-2)11-18-12-15-9-13(3)16(19-15)10-17-4/h9,14,17H,5-8,10-12H2,1-4H3. The fourth-order valence-electron chi connectivity index (χ4n) is 2.22. The van der Waals surface area contributed by atoms with E-state index in [9.17, 15) is 0 Å². The summed E-state index contributed by atoms with van der Waals surface area (Å²) in [4.78, 5) is 0. The largest absolute Gasteiger partial charge is 0.462 e. The lowest BCUT2D eigenvalue weighted by atomic mass is 10.0. The van der Waals surface area contributed by atoms with Crippen LogP contribution >= 0.6 is 0 Å². The summed E-state index contributed by atoms with van der Waals surface area (Å²) >= 11 is 0. The van der Waals surface area contributed by atoms with Crippen LogP contribution in [0.25, 0.3) is 0 Å². The summed E-state index contributed by atoms with van der Waals surface area (Å²) in [5.41, 5.74) is 1.20. The van der Waals surface area contributed by atoms with E-state index in [2.05, 4.69) is 32.2 Å². The van der Waals surface area contributed by atoms with E-state index in [1.165, 1.54) is 31.2 Å². The molecular weight excluding hydrogens is 238 g/mol. The van der Waals surface area contributed by atoms with Crippen LogP contribution in [0.2, 0.25) is 0 Å². The van der Waals surface area contributed by atoms with Crippen molar-refractivity contribution >= 4 is 0 Å². The second kappa shape index (κ2) is 9.16. The Labute approximate surface area is 117 Å². The van der Waals surface area contributed by atoms with Crippen molar-refractivity contribution in [3.63, 3.8) is 0 Å². The zero-order chi connectivity index (χ0) is 14.1. The van der Waals surface area contributed by atoms with E-state index in [4.69, 9.17) is 9.15 Å². The van der Waals surface area contributed by atoms with Crippen molar-refractivity contribution in [2.45, 2.75) is 59.6 Å². The molecule has 0 saturated carbocycles. The zero-order valence-corrected chi connectivity index (χ0v) is 12.9. The molecule has 0 radical (unpaired) electrons. The van der Waals surface area contributed by atoms with Gasteiger partial charge in [-0.3, -0.25) is 0 Å². The van der Waals surface area contributed by atoms with Crippen LogP contribution in [0.15, 0.2) is 10.5 Å². The van der Waals surface area contributed by atoms with Crippen LogP contribution in [-0.2, 0) is 17.9 Å². The molecule has 0 aliphatic carbocycles. The molecule has 1 N–H and O–H groups in total. The van der Waals surface area contributed by atoms with E-state index < -0.39 is 0 Å². The molecule has 3 nitrogen and oxygen atoms in total. The fraction of sp³-hybridized carbons (Fsp3) is 0.750. The summed E-state index contributed by atoms with van der Waals surface area (Å²) in [6.07, 6.45) is 5.03. The molecular formula is C16H29NO2. The van der Waals surface area contributed by atoms with E-state index >= 15 is 0 Å². The van der Waals surface area contributed by atoms with Crippen LogP contribution in [-0.4, -0.2) is 13.7 Å². The minimum atomic E-state index is 0.590. The average Bonchev–Trinajstić information content (AvgIpc) is 2.75. The summed E-state index contributed by atoms with van der Waals surface area (Å²) in [6.45, 7) is 8.77. The quantitative estimate of drug-likeness (QED) is 0.694. The fourth-order valence-corrected chi connectivity index (χ4v) is 2.22. The molecule has 1 unspecified atom stereocenters. The first-order valence-electron chi connectivity index (χ1n) is 7.51. The molecule has 0 bridgehead atoms. The molecule has 1 rings (SSSR count). The summed E-state index contributed by atoms with van der Waals surface area (Å²) in [6, 6.07) is 2.08. The van der Waals surface area contributed by atoms with Gasteiger partial charge in [-0.05, 0) is 37.9 Å². The molecule has 0 spiro atoms. The molecule has 0 aliphatic rings. The Bertz CT molecular complexity index is 347. The first-order chi connectivity index (χ1) is 9.21. The summed E-state index contributed by atoms with van der Waals surface area (Å²) in [7, 11) is 1.93. The van der Waals surface area contributed by atoms with Gasteiger partial charge in [0.15, 0.2) is 0 Å². The first kappa shape index (κ1) is 16.3. The van der Waals surface area contributed by atoms with Gasteiger partial charge in [0.2, 0.25) is 0 Å². The van der Waals surface area contributed by atoms with Crippen LogP contribution in [0.5, 0.6) is 0 Å². The van der Waals surface area contributed by atoms with E-state index in [0.29, 0.717) is 12.5 Å². The van der Waals surface area contributed by atoms with Gasteiger partial charge >= 0.3 is 0 Å². The third-order valence-electron chi connectivity index (χ3n) is 3.55. The Morgan fingerprint density at radius 1 is 1.37 bits per heavy atom. The van der Waals surface area contributed by atoms with Gasteiger partial charge in [0.05, 0.1) is 6.54 Å². The van der Waals surface area contributed by atoms with Crippen LogP contribution in [0.4, 0.5) is 0 Å². The smallest absolute Gasteiger partial charge is 0.130 e. The molecule has 3 heteroatoms.